The number of thiazole rings is 1. The van der Waals surface area contributed by atoms with Crippen molar-refractivity contribution in [1.29, 1.82) is 0 Å². The van der Waals surface area contributed by atoms with Crippen molar-refractivity contribution >= 4 is 57.5 Å². The largest absolute Gasteiger partial charge is 0.477 e. The number of rotatable bonds is 8. The summed E-state index contributed by atoms with van der Waals surface area (Å²) in [5.41, 5.74) is 8.17. The molecule has 2 heterocycles. The average Bonchev–Trinajstić information content (AvgIpc) is 3.50. The van der Waals surface area contributed by atoms with Crippen LogP contribution in [0.25, 0.3) is 0 Å². The molecule has 12 heteroatoms. The summed E-state index contributed by atoms with van der Waals surface area (Å²) in [4.78, 5) is 49.0. The fraction of sp³-hybridized carbons (Fsp3) is 0.304. The van der Waals surface area contributed by atoms with E-state index in [4.69, 9.17) is 10.8 Å². The van der Waals surface area contributed by atoms with Crippen molar-refractivity contribution in [3.63, 3.8) is 0 Å². The summed E-state index contributed by atoms with van der Waals surface area (Å²) in [6.45, 7) is 1.92. The zero-order chi connectivity index (χ0) is 24.9. The zero-order valence-corrected chi connectivity index (χ0v) is 20.5. The number of carbonyl (C=O) groups excluding carboxylic acids is 2. The van der Waals surface area contributed by atoms with Gasteiger partial charge < -0.3 is 16.2 Å². The van der Waals surface area contributed by atoms with Crippen LogP contribution in [0.5, 0.6) is 0 Å². The Bertz CT molecular complexity index is 1270. The van der Waals surface area contributed by atoms with Crippen LogP contribution in [-0.2, 0) is 5.75 Å². The number of anilines is 3. The molecule has 0 saturated heterocycles. The van der Waals surface area contributed by atoms with E-state index in [1.165, 1.54) is 29.3 Å². The number of hydrogen-bond donors (Lipinski definition) is 4. The summed E-state index contributed by atoms with van der Waals surface area (Å²) < 4.78 is 0. The average molecular weight is 513 g/mol. The predicted octanol–water partition coefficient (Wildman–Crippen LogP) is 4.83. The second-order valence-electron chi connectivity index (χ2n) is 8.16. The quantitative estimate of drug-likeness (QED) is 0.188. The van der Waals surface area contributed by atoms with Crippen molar-refractivity contribution in [3.05, 3.63) is 52.2 Å². The van der Waals surface area contributed by atoms with Gasteiger partial charge in [-0.3, -0.25) is 10.1 Å². The zero-order valence-electron chi connectivity index (χ0n) is 18.9. The van der Waals surface area contributed by atoms with Crippen molar-refractivity contribution in [2.75, 3.05) is 16.4 Å². The number of aryl methyl sites for hydroxylation is 1. The number of nitrogens with one attached hydrogen (secondary N) is 2. The molecular formula is C23H24N6O4S2. The molecule has 1 fully saturated rings. The minimum absolute atomic E-state index is 0.0130. The molecule has 5 N–H and O–H groups in total. The van der Waals surface area contributed by atoms with Gasteiger partial charge in [-0.05, 0) is 31.9 Å². The molecular weight excluding hydrogens is 488 g/mol. The van der Waals surface area contributed by atoms with Gasteiger partial charge in [0.25, 0.3) is 0 Å². The van der Waals surface area contributed by atoms with E-state index in [-0.39, 0.29) is 23.1 Å². The van der Waals surface area contributed by atoms with Crippen molar-refractivity contribution in [1.82, 2.24) is 15.0 Å². The highest BCUT2D eigenvalue weighted by atomic mass is 32.2. The molecule has 1 aliphatic rings. The molecule has 0 unspecified atom stereocenters. The molecule has 0 spiro atoms. The predicted molar refractivity (Wildman–Crippen MR) is 135 cm³/mol. The molecule has 0 bridgehead atoms. The van der Waals surface area contributed by atoms with Gasteiger partial charge in [0.2, 0.25) is 0 Å². The minimum Gasteiger partial charge on any atom is -0.477 e. The highest BCUT2D eigenvalue weighted by molar-refractivity contribution is 7.98. The van der Waals surface area contributed by atoms with Crippen molar-refractivity contribution in [3.8, 4) is 0 Å². The molecule has 1 saturated carbocycles. The monoisotopic (exact) mass is 512 g/mol. The molecule has 3 aromatic rings. The number of Topliss-reactive ketones (excluding diaryl/α,β-unsaturated/α-hetero) is 1. The number of nitrogens with two attached hydrogens (primary N) is 1. The molecule has 10 nitrogen and oxygen atoms in total. The summed E-state index contributed by atoms with van der Waals surface area (Å²) in [5.74, 6) is -0.792. The first-order chi connectivity index (χ1) is 16.8. The highest BCUT2D eigenvalue weighted by Crippen LogP contribution is 2.31. The number of aromatic carboxylic acids is 1. The number of ketones is 1. The van der Waals surface area contributed by atoms with Gasteiger partial charge in [0.15, 0.2) is 16.1 Å². The summed E-state index contributed by atoms with van der Waals surface area (Å²) in [5, 5.41) is 17.0. The van der Waals surface area contributed by atoms with Crippen molar-refractivity contribution in [2.24, 2.45) is 5.92 Å². The van der Waals surface area contributed by atoms with Crippen LogP contribution < -0.4 is 16.4 Å². The smallest absolute Gasteiger partial charge is 0.341 e. The Labute approximate surface area is 209 Å². The van der Waals surface area contributed by atoms with E-state index >= 15 is 0 Å². The van der Waals surface area contributed by atoms with Crippen molar-refractivity contribution in [2.45, 2.75) is 43.5 Å². The van der Waals surface area contributed by atoms with E-state index in [2.05, 4.69) is 25.6 Å². The van der Waals surface area contributed by atoms with Crippen molar-refractivity contribution < 1.29 is 19.5 Å². The summed E-state index contributed by atoms with van der Waals surface area (Å²) in [6, 6.07) is 4.95. The van der Waals surface area contributed by atoms with Crippen LogP contribution in [0.3, 0.4) is 0 Å². The third kappa shape index (κ3) is 6.14. The number of carboxylic acids is 1. The van der Waals surface area contributed by atoms with Gasteiger partial charge in [0.1, 0.15) is 11.4 Å². The second kappa shape index (κ2) is 10.8. The third-order valence-corrected chi connectivity index (χ3v) is 7.26. The highest BCUT2D eigenvalue weighted by Gasteiger charge is 2.26. The minimum atomic E-state index is -1.19. The van der Waals surface area contributed by atoms with Gasteiger partial charge in [-0.2, -0.15) is 0 Å². The fourth-order valence-electron chi connectivity index (χ4n) is 3.81. The van der Waals surface area contributed by atoms with Crippen LogP contribution in [0.2, 0.25) is 0 Å². The van der Waals surface area contributed by atoms with Gasteiger partial charge >= 0.3 is 12.0 Å². The Morgan fingerprint density at radius 1 is 1.17 bits per heavy atom. The Hall–Kier alpha value is -3.51. The second-order valence-corrected chi connectivity index (χ2v) is 9.96. The topological polar surface area (TPSA) is 160 Å². The summed E-state index contributed by atoms with van der Waals surface area (Å²) in [7, 11) is 0. The molecule has 2 amide bonds. The maximum Gasteiger partial charge on any atom is 0.341 e. The number of carbonyl (C=O) groups is 3. The Kier molecular flexibility index (Phi) is 7.61. The number of hydrogen-bond acceptors (Lipinski definition) is 9. The molecule has 1 aromatic carbocycles. The van der Waals surface area contributed by atoms with Crippen LogP contribution in [0.15, 0.2) is 34.9 Å². The lowest BCUT2D eigenvalue weighted by Gasteiger charge is -2.14. The number of carboxylic acid groups (broad SMARTS) is 1. The lowest BCUT2D eigenvalue weighted by atomic mass is 9.94. The number of aromatic nitrogens is 3. The first kappa shape index (κ1) is 24.6. The number of urea groups is 1. The van der Waals surface area contributed by atoms with E-state index < -0.39 is 12.0 Å². The third-order valence-electron chi connectivity index (χ3n) is 5.56. The number of nitrogen functional groups attached to an aromatic ring is 1. The molecule has 35 heavy (non-hydrogen) atoms. The summed E-state index contributed by atoms with van der Waals surface area (Å²) >= 11 is 2.50. The van der Waals surface area contributed by atoms with Gasteiger partial charge in [-0.1, -0.05) is 36.2 Å². The van der Waals surface area contributed by atoms with E-state index in [9.17, 15) is 14.4 Å². The van der Waals surface area contributed by atoms with Gasteiger partial charge in [-0.25, -0.2) is 24.5 Å². The number of amides is 2. The van der Waals surface area contributed by atoms with E-state index in [1.807, 2.05) is 19.1 Å². The molecule has 2 aromatic heterocycles. The fourth-order valence-corrected chi connectivity index (χ4v) is 5.34. The Morgan fingerprint density at radius 2 is 1.94 bits per heavy atom. The first-order valence-electron chi connectivity index (χ1n) is 11.0. The maximum absolute atomic E-state index is 13.0. The van der Waals surface area contributed by atoms with Crippen LogP contribution in [0.4, 0.5) is 21.4 Å². The molecule has 182 valence electrons. The molecule has 0 radical (unpaired) electrons. The molecule has 1 aliphatic carbocycles. The lowest BCUT2D eigenvalue weighted by Crippen LogP contribution is -2.22. The number of benzene rings is 1. The Balaban J connectivity index is 1.36. The van der Waals surface area contributed by atoms with Crippen LogP contribution in [0, 0.1) is 12.8 Å². The van der Waals surface area contributed by atoms with E-state index in [0.717, 1.165) is 31.2 Å². The standard InChI is InChI=1S/C23H24N6O4S2/c1-12-6-7-17(15(8-12)18(30)13-4-2-3-5-13)27-21(33)29-23-26-14(11-35-23)10-34-22-25-9-16(20(31)32)19(24)28-22/h6-9,11,13H,2-5,10H2,1H3,(H,31,32)(H2,24,25,28)(H2,26,27,29,33). The van der Waals surface area contributed by atoms with Gasteiger partial charge in [0, 0.05) is 28.8 Å². The first-order valence-corrected chi connectivity index (χ1v) is 12.8. The molecule has 0 atom stereocenters. The summed E-state index contributed by atoms with van der Waals surface area (Å²) in [6.07, 6.45) is 5.06. The number of nitrogens with zero attached hydrogens (tertiary/aromatic N) is 3. The van der Waals surface area contributed by atoms with Crippen LogP contribution in [0.1, 0.15) is 57.7 Å². The Morgan fingerprint density at radius 3 is 2.66 bits per heavy atom. The van der Waals surface area contributed by atoms with Gasteiger partial charge in [-0.15, -0.1) is 11.3 Å². The van der Waals surface area contributed by atoms with Gasteiger partial charge in [0.05, 0.1) is 11.4 Å². The van der Waals surface area contributed by atoms with Crippen LogP contribution >= 0.6 is 23.1 Å². The normalized spacial score (nSPS) is 13.5. The SMILES string of the molecule is Cc1ccc(NC(=O)Nc2nc(CSc3ncc(C(=O)O)c(N)n3)cs2)c(C(=O)C2CCCC2)c1. The lowest BCUT2D eigenvalue weighted by molar-refractivity contribution is 0.0696. The molecule has 0 aliphatic heterocycles. The van der Waals surface area contributed by atoms with E-state index in [0.29, 0.717) is 33.0 Å². The van der Waals surface area contributed by atoms with Crippen LogP contribution in [-0.4, -0.2) is 37.8 Å². The molecule has 4 rings (SSSR count). The number of thioether (sulfide) groups is 1. The van der Waals surface area contributed by atoms with E-state index in [1.54, 1.807) is 11.4 Å². The maximum atomic E-state index is 13.0.